The maximum Gasteiger partial charge on any atom is 0.252 e. The van der Waals surface area contributed by atoms with Crippen LogP contribution in [0.15, 0.2) is 29.1 Å². The third kappa shape index (κ3) is 4.44. The topological polar surface area (TPSA) is 99.9 Å². The molecule has 0 unspecified atom stereocenters. The fourth-order valence-electron chi connectivity index (χ4n) is 3.76. The number of aromatic nitrogens is 5. The third-order valence-corrected chi connectivity index (χ3v) is 5.90. The molecule has 1 atom stereocenters. The van der Waals surface area contributed by atoms with E-state index in [1.165, 1.54) is 0 Å². The van der Waals surface area contributed by atoms with Crippen LogP contribution in [0.3, 0.4) is 0 Å². The Morgan fingerprint density at radius 1 is 1.27 bits per heavy atom. The predicted octanol–water partition coefficient (Wildman–Crippen LogP) is 2.91. The molecular formula is C22H32N6O2. The lowest BCUT2D eigenvalue weighted by atomic mass is 10.0. The number of nitrogens with zero attached hydrogens (tertiary/aromatic N) is 5. The zero-order chi connectivity index (χ0) is 21.9. The largest absolute Gasteiger partial charge is 0.395 e. The molecule has 3 aromatic rings. The smallest absolute Gasteiger partial charge is 0.252 e. The summed E-state index contributed by atoms with van der Waals surface area (Å²) in [6.07, 6.45) is 1.64. The summed E-state index contributed by atoms with van der Waals surface area (Å²) >= 11 is 0. The van der Waals surface area contributed by atoms with Gasteiger partial charge < -0.3 is 10.1 Å². The molecule has 0 amide bonds. The van der Waals surface area contributed by atoms with E-state index in [1.54, 1.807) is 0 Å². The van der Waals surface area contributed by atoms with E-state index in [9.17, 15) is 9.90 Å². The number of pyridine rings is 1. The van der Waals surface area contributed by atoms with Gasteiger partial charge in [0.05, 0.1) is 18.2 Å². The van der Waals surface area contributed by atoms with E-state index >= 15 is 0 Å². The van der Waals surface area contributed by atoms with Gasteiger partial charge in [0.25, 0.3) is 5.56 Å². The van der Waals surface area contributed by atoms with Crippen LogP contribution in [-0.2, 0) is 12.1 Å². The Morgan fingerprint density at radius 3 is 2.70 bits per heavy atom. The minimum absolute atomic E-state index is 0.0140. The monoisotopic (exact) mass is 412 g/mol. The molecule has 0 fully saturated rings. The molecule has 0 aliphatic rings. The van der Waals surface area contributed by atoms with Gasteiger partial charge in [-0.3, -0.25) is 9.69 Å². The number of tetrazole rings is 1. The number of hydrogen-bond acceptors (Lipinski definition) is 6. The molecule has 0 aliphatic heterocycles. The van der Waals surface area contributed by atoms with Gasteiger partial charge in [-0.15, -0.1) is 5.10 Å². The Hall–Kier alpha value is -2.58. The van der Waals surface area contributed by atoms with Crippen molar-refractivity contribution in [3.05, 3.63) is 51.6 Å². The average Bonchev–Trinajstić information content (AvgIpc) is 3.20. The summed E-state index contributed by atoms with van der Waals surface area (Å²) in [5.41, 5.74) is 2.25. The molecule has 2 heterocycles. The summed E-state index contributed by atoms with van der Waals surface area (Å²) < 4.78 is 1.87. The summed E-state index contributed by atoms with van der Waals surface area (Å²) in [5, 5.41) is 23.2. The summed E-state index contributed by atoms with van der Waals surface area (Å²) in [7, 11) is 0. The summed E-state index contributed by atoms with van der Waals surface area (Å²) in [6, 6.07) is 7.84. The highest BCUT2D eigenvalue weighted by Crippen LogP contribution is 2.28. The minimum Gasteiger partial charge on any atom is -0.395 e. The van der Waals surface area contributed by atoms with E-state index in [-0.39, 0.29) is 23.7 Å². The minimum atomic E-state index is -0.227. The number of nitrogens with one attached hydrogen (secondary N) is 1. The highest BCUT2D eigenvalue weighted by atomic mass is 16.3. The van der Waals surface area contributed by atoms with Gasteiger partial charge >= 0.3 is 0 Å². The summed E-state index contributed by atoms with van der Waals surface area (Å²) in [6.45, 7) is 11.2. The number of hydrogen-bond donors (Lipinski definition) is 2. The van der Waals surface area contributed by atoms with Crippen molar-refractivity contribution in [2.24, 2.45) is 0 Å². The zero-order valence-corrected chi connectivity index (χ0v) is 18.5. The van der Waals surface area contributed by atoms with Gasteiger partial charge in [-0.25, -0.2) is 4.68 Å². The Kier molecular flexibility index (Phi) is 6.67. The first kappa shape index (κ1) is 22.1. The van der Waals surface area contributed by atoms with Crippen LogP contribution in [0, 0.1) is 6.92 Å². The fourth-order valence-corrected chi connectivity index (χ4v) is 3.76. The second kappa shape index (κ2) is 9.06. The second-order valence-electron chi connectivity index (χ2n) is 8.45. The molecule has 30 heavy (non-hydrogen) atoms. The van der Waals surface area contributed by atoms with Gasteiger partial charge in [-0.1, -0.05) is 26.0 Å². The first-order chi connectivity index (χ1) is 14.3. The fraction of sp³-hybridized carbons (Fsp3) is 0.545. The molecule has 8 heteroatoms. The van der Waals surface area contributed by atoms with Crippen LogP contribution in [-0.4, -0.2) is 48.3 Å². The van der Waals surface area contributed by atoms with E-state index in [4.69, 9.17) is 0 Å². The number of rotatable bonds is 9. The molecule has 0 saturated heterocycles. The predicted molar refractivity (Wildman–Crippen MR) is 117 cm³/mol. The molecule has 2 N–H and O–H groups in total. The molecule has 2 aromatic heterocycles. The first-order valence-electron chi connectivity index (χ1n) is 10.6. The Labute approximate surface area is 176 Å². The van der Waals surface area contributed by atoms with Crippen LogP contribution >= 0.6 is 0 Å². The van der Waals surface area contributed by atoms with Crippen molar-refractivity contribution >= 4 is 10.9 Å². The standard InChI is InChI=1S/C22H32N6O2/c1-6-19(20-24-25-26-28(20)22(4,5)7-2)27(10-11-29)14-17-13-16-9-8-15(3)12-18(16)23-21(17)30/h8-9,12-13,19,29H,6-7,10-11,14H2,1-5H3,(H,23,30)/t19-/m1/s1. The second-order valence-corrected chi connectivity index (χ2v) is 8.45. The first-order valence-corrected chi connectivity index (χ1v) is 10.6. The molecule has 0 aliphatic carbocycles. The van der Waals surface area contributed by atoms with Gasteiger partial charge in [-0.2, -0.15) is 0 Å². The molecule has 1 aromatic carbocycles. The molecule has 0 saturated carbocycles. The zero-order valence-electron chi connectivity index (χ0n) is 18.5. The molecule has 0 radical (unpaired) electrons. The van der Waals surface area contributed by atoms with Gasteiger partial charge in [0.15, 0.2) is 5.82 Å². The summed E-state index contributed by atoms with van der Waals surface area (Å²) in [4.78, 5) is 17.8. The number of H-pyrrole nitrogens is 1. The lowest BCUT2D eigenvalue weighted by Gasteiger charge is -2.32. The van der Waals surface area contributed by atoms with Crippen molar-refractivity contribution in [1.29, 1.82) is 0 Å². The lowest BCUT2D eigenvalue weighted by molar-refractivity contribution is 0.125. The number of benzene rings is 1. The van der Waals surface area contributed by atoms with Crippen LogP contribution in [0.1, 0.15) is 63.5 Å². The normalized spacial score (nSPS) is 13.3. The van der Waals surface area contributed by atoms with Gasteiger partial charge in [0.1, 0.15) is 0 Å². The van der Waals surface area contributed by atoms with Crippen molar-refractivity contribution in [2.75, 3.05) is 13.2 Å². The van der Waals surface area contributed by atoms with Gasteiger partial charge in [0, 0.05) is 24.2 Å². The summed E-state index contributed by atoms with van der Waals surface area (Å²) in [5.74, 6) is 0.755. The highest BCUT2D eigenvalue weighted by Gasteiger charge is 2.30. The van der Waals surface area contributed by atoms with Crippen molar-refractivity contribution in [1.82, 2.24) is 30.1 Å². The number of fused-ring (bicyclic) bond motifs is 1. The van der Waals surface area contributed by atoms with Crippen molar-refractivity contribution in [3.8, 4) is 0 Å². The molecule has 162 valence electrons. The number of aliphatic hydroxyl groups is 1. The van der Waals surface area contributed by atoms with E-state index in [1.807, 2.05) is 35.9 Å². The lowest BCUT2D eigenvalue weighted by Crippen LogP contribution is -2.37. The van der Waals surface area contributed by atoms with Crippen LogP contribution < -0.4 is 5.56 Å². The van der Waals surface area contributed by atoms with E-state index in [2.05, 4.69) is 53.1 Å². The van der Waals surface area contributed by atoms with E-state index in [0.29, 0.717) is 18.7 Å². The number of aromatic amines is 1. The van der Waals surface area contributed by atoms with E-state index < -0.39 is 0 Å². The van der Waals surface area contributed by atoms with Crippen LogP contribution in [0.4, 0.5) is 0 Å². The average molecular weight is 413 g/mol. The molecular weight excluding hydrogens is 380 g/mol. The molecule has 0 spiro atoms. The molecule has 3 rings (SSSR count). The van der Waals surface area contributed by atoms with E-state index in [0.717, 1.165) is 35.1 Å². The number of aryl methyl sites for hydroxylation is 1. The third-order valence-electron chi connectivity index (χ3n) is 5.90. The van der Waals surface area contributed by atoms with Gasteiger partial charge in [0.2, 0.25) is 0 Å². The van der Waals surface area contributed by atoms with Crippen LogP contribution in [0.25, 0.3) is 10.9 Å². The SMILES string of the molecule is CC[C@H](c1nnnn1C(C)(C)CC)N(CCO)Cc1cc2ccc(C)cc2[nH]c1=O. The Bertz CT molecular complexity index is 1060. The molecule has 0 bridgehead atoms. The maximum atomic E-state index is 12.8. The Morgan fingerprint density at radius 2 is 2.03 bits per heavy atom. The van der Waals surface area contributed by atoms with Crippen LogP contribution in [0.5, 0.6) is 0 Å². The van der Waals surface area contributed by atoms with Crippen LogP contribution in [0.2, 0.25) is 0 Å². The van der Waals surface area contributed by atoms with Crippen molar-refractivity contribution < 1.29 is 5.11 Å². The van der Waals surface area contributed by atoms with Gasteiger partial charge in [-0.05, 0) is 67.1 Å². The van der Waals surface area contributed by atoms with Crippen molar-refractivity contribution in [2.45, 2.75) is 65.6 Å². The Balaban J connectivity index is 1.99. The van der Waals surface area contributed by atoms with Crippen molar-refractivity contribution in [3.63, 3.8) is 0 Å². The quantitative estimate of drug-likeness (QED) is 0.561. The highest BCUT2D eigenvalue weighted by molar-refractivity contribution is 5.79. The number of aliphatic hydroxyl groups excluding tert-OH is 1. The maximum absolute atomic E-state index is 12.8. The molecule has 8 nitrogen and oxygen atoms in total.